The Balaban J connectivity index is 1.34. The summed E-state index contributed by atoms with van der Waals surface area (Å²) in [5.41, 5.74) is 0.450. The second-order valence-corrected chi connectivity index (χ2v) is 7.38. The zero-order valence-corrected chi connectivity index (χ0v) is 17.0. The second kappa shape index (κ2) is 8.88. The van der Waals surface area contributed by atoms with Gasteiger partial charge in [-0.1, -0.05) is 24.3 Å². The van der Waals surface area contributed by atoms with E-state index >= 15 is 0 Å². The van der Waals surface area contributed by atoms with Crippen LogP contribution in [-0.2, 0) is 16.1 Å². The normalized spacial score (nSPS) is 15.4. The number of amides is 3. The molecule has 2 heterocycles. The summed E-state index contributed by atoms with van der Waals surface area (Å²) in [6.07, 6.45) is 0.116. The lowest BCUT2D eigenvalue weighted by molar-refractivity contribution is -0.121. The summed E-state index contributed by atoms with van der Waals surface area (Å²) in [6.45, 7) is 0.242. The summed E-state index contributed by atoms with van der Waals surface area (Å²) in [5.74, 6) is -1.11. The lowest BCUT2D eigenvalue weighted by Gasteiger charge is -2.14. The molecular weight excluding hydrogens is 414 g/mol. The van der Waals surface area contributed by atoms with Gasteiger partial charge in [0.2, 0.25) is 11.8 Å². The van der Waals surface area contributed by atoms with Crippen LogP contribution in [0.25, 0.3) is 11.0 Å². The number of carbonyl (C=O) groups excluding carboxylic acids is 3. The minimum absolute atomic E-state index is 0.000266. The van der Waals surface area contributed by atoms with E-state index in [1.54, 1.807) is 48.5 Å². The first kappa shape index (κ1) is 21.0. The Kier molecular flexibility index (Phi) is 5.84. The van der Waals surface area contributed by atoms with Crippen LogP contribution in [0.1, 0.15) is 23.2 Å². The third-order valence-electron chi connectivity index (χ3n) is 5.25. The molecule has 0 spiro atoms. The molecule has 10 nitrogen and oxygen atoms in total. The number of para-hydroxylation sites is 3. The van der Waals surface area contributed by atoms with E-state index in [4.69, 9.17) is 0 Å². The molecule has 0 bridgehead atoms. The number of carbonyl (C=O) groups is 3. The first-order valence-electron chi connectivity index (χ1n) is 10.1. The zero-order chi connectivity index (χ0) is 22.7. The van der Waals surface area contributed by atoms with Crippen molar-refractivity contribution < 1.29 is 14.4 Å². The van der Waals surface area contributed by atoms with Gasteiger partial charge in [0.05, 0.1) is 22.3 Å². The van der Waals surface area contributed by atoms with Crippen LogP contribution in [0.15, 0.2) is 58.1 Å². The quantitative estimate of drug-likeness (QED) is 0.413. The molecule has 32 heavy (non-hydrogen) atoms. The third-order valence-corrected chi connectivity index (χ3v) is 5.25. The van der Waals surface area contributed by atoms with Crippen LogP contribution in [0.5, 0.6) is 0 Å². The fourth-order valence-corrected chi connectivity index (χ4v) is 3.63. The number of benzene rings is 2. The Morgan fingerprint density at radius 2 is 1.75 bits per heavy atom. The van der Waals surface area contributed by atoms with Crippen molar-refractivity contribution in [3.05, 3.63) is 74.8 Å². The molecule has 164 valence electrons. The first-order chi connectivity index (χ1) is 15.4. The Morgan fingerprint density at radius 3 is 2.59 bits per heavy atom. The van der Waals surface area contributed by atoms with Gasteiger partial charge < -0.3 is 25.5 Å². The molecule has 1 aliphatic rings. The molecule has 0 unspecified atom stereocenters. The average molecular weight is 435 g/mol. The highest BCUT2D eigenvalue weighted by atomic mass is 16.2. The van der Waals surface area contributed by atoms with E-state index in [0.29, 0.717) is 22.3 Å². The second-order valence-electron chi connectivity index (χ2n) is 7.38. The third kappa shape index (κ3) is 4.29. The predicted molar refractivity (Wildman–Crippen MR) is 117 cm³/mol. The van der Waals surface area contributed by atoms with E-state index in [-0.39, 0.29) is 37.7 Å². The number of rotatable bonds is 6. The smallest absolute Gasteiger partial charge is 0.316 e. The van der Waals surface area contributed by atoms with Gasteiger partial charge in [-0.3, -0.25) is 24.0 Å². The van der Waals surface area contributed by atoms with Crippen molar-refractivity contribution in [3.63, 3.8) is 0 Å². The summed E-state index contributed by atoms with van der Waals surface area (Å²) < 4.78 is 1.31. The number of anilines is 1. The van der Waals surface area contributed by atoms with Gasteiger partial charge >= 0.3 is 11.1 Å². The maximum absolute atomic E-state index is 12.4. The van der Waals surface area contributed by atoms with Crippen LogP contribution in [-0.4, -0.2) is 39.9 Å². The van der Waals surface area contributed by atoms with Crippen molar-refractivity contribution in [2.75, 3.05) is 11.9 Å². The molecule has 1 atom stereocenters. The van der Waals surface area contributed by atoms with Crippen LogP contribution in [0.4, 0.5) is 5.69 Å². The van der Waals surface area contributed by atoms with Crippen molar-refractivity contribution in [1.82, 2.24) is 20.2 Å². The minimum atomic E-state index is -0.847. The number of fused-ring (bicyclic) bond motifs is 2. The molecule has 10 heteroatoms. The molecule has 1 aromatic heterocycles. The van der Waals surface area contributed by atoms with E-state index < -0.39 is 23.1 Å². The fraction of sp³-hybridized carbons (Fsp3) is 0.227. The van der Waals surface area contributed by atoms with Crippen molar-refractivity contribution in [2.24, 2.45) is 0 Å². The summed E-state index contributed by atoms with van der Waals surface area (Å²) in [7, 11) is 0. The SMILES string of the molecule is O=C(CC[C@@H]1NC(=O)c2ccccc2NC1=O)NCCn1c(=O)c(=O)[nH]c2ccccc21. The van der Waals surface area contributed by atoms with Gasteiger partial charge in [-0.25, -0.2) is 0 Å². The fourth-order valence-electron chi connectivity index (χ4n) is 3.63. The highest BCUT2D eigenvalue weighted by Gasteiger charge is 2.27. The van der Waals surface area contributed by atoms with E-state index in [1.807, 2.05) is 0 Å². The standard InChI is InChI=1S/C22H21N5O5/c28-18(10-9-16-20(30)24-14-6-2-1-5-13(14)19(29)26-16)23-11-12-27-17-8-4-3-7-15(17)25-21(31)22(27)32/h1-8,16H,9-12H2,(H,23,28)(H,24,30)(H,25,31)(H,26,29)/t16-/m0/s1. The molecule has 4 rings (SSSR count). The van der Waals surface area contributed by atoms with E-state index in [2.05, 4.69) is 20.9 Å². The molecule has 2 aromatic carbocycles. The maximum atomic E-state index is 12.4. The molecule has 0 saturated heterocycles. The topological polar surface area (TPSA) is 142 Å². The minimum Gasteiger partial charge on any atom is -0.354 e. The molecule has 0 radical (unpaired) electrons. The first-order valence-corrected chi connectivity index (χ1v) is 10.1. The van der Waals surface area contributed by atoms with Crippen LogP contribution in [0, 0.1) is 0 Å². The molecular formula is C22H21N5O5. The highest BCUT2D eigenvalue weighted by Crippen LogP contribution is 2.19. The number of aromatic amines is 1. The lowest BCUT2D eigenvalue weighted by atomic mass is 10.1. The molecule has 0 saturated carbocycles. The Labute approximate surface area is 181 Å². The van der Waals surface area contributed by atoms with Crippen molar-refractivity contribution in [1.29, 1.82) is 0 Å². The Hall–Kier alpha value is -4.21. The largest absolute Gasteiger partial charge is 0.354 e. The monoisotopic (exact) mass is 435 g/mol. The summed E-state index contributed by atoms with van der Waals surface area (Å²) in [5, 5.41) is 8.02. The molecule has 3 aromatic rings. The van der Waals surface area contributed by atoms with Crippen LogP contribution in [0.2, 0.25) is 0 Å². The number of nitrogens with one attached hydrogen (secondary N) is 4. The summed E-state index contributed by atoms with van der Waals surface area (Å²) in [4.78, 5) is 63.6. The van der Waals surface area contributed by atoms with Gasteiger partial charge in [-0.15, -0.1) is 0 Å². The lowest BCUT2D eigenvalue weighted by Crippen LogP contribution is -2.42. The molecule has 0 aliphatic carbocycles. The van der Waals surface area contributed by atoms with Gasteiger partial charge in [0.25, 0.3) is 5.91 Å². The van der Waals surface area contributed by atoms with Gasteiger partial charge in [0, 0.05) is 19.5 Å². The van der Waals surface area contributed by atoms with Crippen LogP contribution < -0.4 is 27.1 Å². The highest BCUT2D eigenvalue weighted by molar-refractivity contribution is 6.09. The number of hydrogen-bond donors (Lipinski definition) is 4. The van der Waals surface area contributed by atoms with Crippen molar-refractivity contribution >= 4 is 34.4 Å². The maximum Gasteiger partial charge on any atom is 0.316 e. The van der Waals surface area contributed by atoms with Crippen LogP contribution in [0.3, 0.4) is 0 Å². The molecule has 1 aliphatic heterocycles. The van der Waals surface area contributed by atoms with E-state index in [1.165, 1.54) is 4.57 Å². The zero-order valence-electron chi connectivity index (χ0n) is 17.0. The van der Waals surface area contributed by atoms with Gasteiger partial charge in [-0.2, -0.15) is 0 Å². The number of nitrogens with zero attached hydrogens (tertiary/aromatic N) is 1. The van der Waals surface area contributed by atoms with Crippen molar-refractivity contribution in [2.45, 2.75) is 25.4 Å². The summed E-state index contributed by atoms with van der Waals surface area (Å²) in [6, 6.07) is 12.7. The predicted octanol–water partition coefficient (Wildman–Crippen LogP) is 0.337. The van der Waals surface area contributed by atoms with Gasteiger partial charge in [-0.05, 0) is 30.7 Å². The van der Waals surface area contributed by atoms with E-state index in [0.717, 1.165) is 0 Å². The molecule has 3 amide bonds. The summed E-state index contributed by atoms with van der Waals surface area (Å²) >= 11 is 0. The Bertz CT molecular complexity index is 1330. The number of H-pyrrole nitrogens is 1. The average Bonchev–Trinajstić information content (AvgIpc) is 2.90. The van der Waals surface area contributed by atoms with Gasteiger partial charge in [0.1, 0.15) is 6.04 Å². The Morgan fingerprint density at radius 1 is 1.00 bits per heavy atom. The van der Waals surface area contributed by atoms with Crippen molar-refractivity contribution in [3.8, 4) is 0 Å². The molecule has 4 N–H and O–H groups in total. The number of hydrogen-bond acceptors (Lipinski definition) is 5. The van der Waals surface area contributed by atoms with Crippen LogP contribution >= 0.6 is 0 Å². The molecule has 0 fully saturated rings. The van der Waals surface area contributed by atoms with Gasteiger partial charge in [0.15, 0.2) is 0 Å². The van der Waals surface area contributed by atoms with E-state index in [9.17, 15) is 24.0 Å². The number of aromatic nitrogens is 2.